The normalized spacial score (nSPS) is 23.9. The fourth-order valence-corrected chi connectivity index (χ4v) is 2.04. The zero-order chi connectivity index (χ0) is 12.3. The maximum atomic E-state index is 11.7. The summed E-state index contributed by atoms with van der Waals surface area (Å²) in [6.45, 7) is 3.59. The number of rotatable bonds is 4. The first-order valence-corrected chi connectivity index (χ1v) is 5.70. The molecule has 0 aliphatic carbocycles. The molecule has 17 heavy (non-hydrogen) atoms. The van der Waals surface area contributed by atoms with Crippen LogP contribution in [-0.4, -0.2) is 34.7 Å². The number of hydrogen-bond acceptors (Lipinski definition) is 4. The minimum Gasteiger partial charge on any atom is -0.441 e. The highest BCUT2D eigenvalue weighted by atomic mass is 16.6. The number of ether oxygens (including phenoxy) is 1. The Balaban J connectivity index is 2.02. The number of amides is 1. The summed E-state index contributed by atoms with van der Waals surface area (Å²) in [5.41, 5.74) is 6.12. The Kier molecular flexibility index (Phi) is 3.28. The fraction of sp³-hybridized carbons (Fsp3) is 0.500. The monoisotopic (exact) mass is 235 g/mol. The highest BCUT2D eigenvalue weighted by molar-refractivity contribution is 5.70. The van der Waals surface area contributed by atoms with Crippen LogP contribution in [0.1, 0.15) is 18.9 Å². The summed E-state index contributed by atoms with van der Waals surface area (Å²) in [7, 11) is 0. The van der Waals surface area contributed by atoms with Crippen LogP contribution in [0.15, 0.2) is 24.5 Å². The van der Waals surface area contributed by atoms with Gasteiger partial charge in [-0.15, -0.1) is 0 Å². The van der Waals surface area contributed by atoms with Gasteiger partial charge in [0, 0.05) is 25.4 Å². The van der Waals surface area contributed by atoms with Gasteiger partial charge >= 0.3 is 6.09 Å². The number of carbonyl (C=O) groups is 1. The van der Waals surface area contributed by atoms with Gasteiger partial charge in [0.25, 0.3) is 0 Å². The first-order chi connectivity index (χ1) is 8.13. The standard InChI is InChI=1S/C12H17N3O2/c1-12(4-5-13)9-15(11(16)17-12)8-10-2-6-14-7-3-10/h2-3,6-7H,4-5,8-9,13H2,1H3. The van der Waals surface area contributed by atoms with Crippen LogP contribution in [0.5, 0.6) is 0 Å². The molecule has 92 valence electrons. The van der Waals surface area contributed by atoms with Crippen LogP contribution in [-0.2, 0) is 11.3 Å². The lowest BCUT2D eigenvalue weighted by Crippen LogP contribution is -2.33. The van der Waals surface area contributed by atoms with Crippen molar-refractivity contribution in [1.82, 2.24) is 9.88 Å². The molecule has 1 aromatic rings. The topological polar surface area (TPSA) is 68.5 Å². The molecule has 1 unspecified atom stereocenters. The molecule has 1 aliphatic heterocycles. The van der Waals surface area contributed by atoms with Crippen molar-refractivity contribution in [1.29, 1.82) is 0 Å². The number of carbonyl (C=O) groups excluding carboxylic acids is 1. The van der Waals surface area contributed by atoms with E-state index in [0.29, 0.717) is 26.1 Å². The molecule has 0 radical (unpaired) electrons. The highest BCUT2D eigenvalue weighted by Crippen LogP contribution is 2.26. The van der Waals surface area contributed by atoms with Crippen LogP contribution in [0.25, 0.3) is 0 Å². The van der Waals surface area contributed by atoms with Crippen molar-refractivity contribution < 1.29 is 9.53 Å². The van der Waals surface area contributed by atoms with Gasteiger partial charge in [0.15, 0.2) is 0 Å². The number of pyridine rings is 1. The van der Waals surface area contributed by atoms with E-state index in [1.807, 2.05) is 19.1 Å². The molecule has 1 atom stereocenters. The van der Waals surface area contributed by atoms with Gasteiger partial charge in [0.05, 0.1) is 6.54 Å². The molecule has 2 rings (SSSR count). The smallest absolute Gasteiger partial charge is 0.410 e. The van der Waals surface area contributed by atoms with E-state index < -0.39 is 5.60 Å². The molecule has 1 amide bonds. The van der Waals surface area contributed by atoms with Gasteiger partial charge in [-0.2, -0.15) is 0 Å². The summed E-state index contributed by atoms with van der Waals surface area (Å²) >= 11 is 0. The maximum Gasteiger partial charge on any atom is 0.410 e. The van der Waals surface area contributed by atoms with Crippen molar-refractivity contribution in [2.45, 2.75) is 25.5 Å². The fourth-order valence-electron chi connectivity index (χ4n) is 2.04. The van der Waals surface area contributed by atoms with Crippen LogP contribution in [0, 0.1) is 0 Å². The predicted octanol–water partition coefficient (Wildman–Crippen LogP) is 1.14. The molecule has 0 bridgehead atoms. The average molecular weight is 235 g/mol. The summed E-state index contributed by atoms with van der Waals surface area (Å²) < 4.78 is 5.37. The third-order valence-electron chi connectivity index (χ3n) is 2.91. The third kappa shape index (κ3) is 2.74. The lowest BCUT2D eigenvalue weighted by Gasteiger charge is -2.20. The largest absolute Gasteiger partial charge is 0.441 e. The van der Waals surface area contributed by atoms with Crippen molar-refractivity contribution in [2.24, 2.45) is 5.73 Å². The number of hydrogen-bond donors (Lipinski definition) is 1. The minimum absolute atomic E-state index is 0.266. The summed E-state index contributed by atoms with van der Waals surface area (Å²) in [5, 5.41) is 0. The van der Waals surface area contributed by atoms with Crippen molar-refractivity contribution in [3.8, 4) is 0 Å². The summed E-state index contributed by atoms with van der Waals surface area (Å²) in [6, 6.07) is 3.79. The second kappa shape index (κ2) is 4.71. The van der Waals surface area contributed by atoms with Crippen LogP contribution < -0.4 is 5.73 Å². The third-order valence-corrected chi connectivity index (χ3v) is 2.91. The van der Waals surface area contributed by atoms with Gasteiger partial charge in [0.1, 0.15) is 5.60 Å². The second-order valence-corrected chi connectivity index (χ2v) is 4.57. The molecule has 1 fully saturated rings. The van der Waals surface area contributed by atoms with Crippen molar-refractivity contribution in [3.63, 3.8) is 0 Å². The lowest BCUT2D eigenvalue weighted by molar-refractivity contribution is 0.0669. The first kappa shape index (κ1) is 11.9. The molecule has 1 aromatic heterocycles. The van der Waals surface area contributed by atoms with Crippen molar-refractivity contribution in [3.05, 3.63) is 30.1 Å². The van der Waals surface area contributed by atoms with Gasteiger partial charge in [-0.1, -0.05) is 0 Å². The lowest BCUT2D eigenvalue weighted by atomic mass is 10.0. The van der Waals surface area contributed by atoms with Crippen molar-refractivity contribution in [2.75, 3.05) is 13.1 Å². The summed E-state index contributed by atoms with van der Waals surface area (Å²) in [4.78, 5) is 17.4. The molecule has 1 aliphatic rings. The molecule has 5 nitrogen and oxygen atoms in total. The molecule has 5 heteroatoms. The zero-order valence-electron chi connectivity index (χ0n) is 9.93. The predicted molar refractivity (Wildman–Crippen MR) is 63.2 cm³/mol. The van der Waals surface area contributed by atoms with Crippen LogP contribution >= 0.6 is 0 Å². The van der Waals surface area contributed by atoms with E-state index in [9.17, 15) is 4.79 Å². The van der Waals surface area contributed by atoms with Gasteiger partial charge in [-0.05, 0) is 31.2 Å². The Hall–Kier alpha value is -1.62. The minimum atomic E-state index is -0.446. The highest BCUT2D eigenvalue weighted by Gasteiger charge is 2.40. The SMILES string of the molecule is CC1(CCN)CN(Cc2ccncc2)C(=O)O1. The first-order valence-electron chi connectivity index (χ1n) is 5.70. The van der Waals surface area contributed by atoms with E-state index in [-0.39, 0.29) is 6.09 Å². The zero-order valence-corrected chi connectivity index (χ0v) is 9.93. The van der Waals surface area contributed by atoms with Gasteiger partial charge in [0.2, 0.25) is 0 Å². The Morgan fingerprint density at radius 1 is 1.53 bits per heavy atom. The van der Waals surface area contributed by atoms with E-state index in [4.69, 9.17) is 10.5 Å². The van der Waals surface area contributed by atoms with Crippen molar-refractivity contribution >= 4 is 6.09 Å². The van der Waals surface area contributed by atoms with Crippen LogP contribution in [0.4, 0.5) is 4.79 Å². The molecular formula is C12H17N3O2. The maximum absolute atomic E-state index is 11.7. The Morgan fingerprint density at radius 3 is 2.88 bits per heavy atom. The average Bonchev–Trinajstić information content (AvgIpc) is 2.56. The quantitative estimate of drug-likeness (QED) is 0.849. The molecule has 0 saturated carbocycles. The number of cyclic esters (lactones) is 1. The molecule has 0 aromatic carbocycles. The molecule has 1 saturated heterocycles. The molecule has 2 N–H and O–H groups in total. The number of nitrogens with zero attached hydrogens (tertiary/aromatic N) is 2. The molecular weight excluding hydrogens is 218 g/mol. The van der Waals surface area contributed by atoms with E-state index >= 15 is 0 Å². The van der Waals surface area contributed by atoms with E-state index in [1.165, 1.54) is 0 Å². The van der Waals surface area contributed by atoms with E-state index in [0.717, 1.165) is 5.56 Å². The summed E-state index contributed by atoms with van der Waals surface area (Å²) in [6.07, 6.45) is 3.86. The number of nitrogens with two attached hydrogens (primary N) is 1. The Morgan fingerprint density at radius 2 is 2.24 bits per heavy atom. The van der Waals surface area contributed by atoms with Gasteiger partial charge in [-0.3, -0.25) is 9.88 Å². The summed E-state index contributed by atoms with van der Waals surface area (Å²) in [5.74, 6) is 0. The number of aromatic nitrogens is 1. The Labute approximate surface area is 101 Å². The second-order valence-electron chi connectivity index (χ2n) is 4.57. The molecule has 2 heterocycles. The van der Waals surface area contributed by atoms with E-state index in [1.54, 1.807) is 17.3 Å². The van der Waals surface area contributed by atoms with Crippen LogP contribution in [0.3, 0.4) is 0 Å². The van der Waals surface area contributed by atoms with Gasteiger partial charge in [-0.25, -0.2) is 4.79 Å². The van der Waals surface area contributed by atoms with Crippen LogP contribution in [0.2, 0.25) is 0 Å². The van der Waals surface area contributed by atoms with E-state index in [2.05, 4.69) is 4.98 Å². The molecule has 0 spiro atoms. The van der Waals surface area contributed by atoms with Gasteiger partial charge < -0.3 is 10.5 Å². The Bertz CT molecular complexity index is 396.